The second-order valence-corrected chi connectivity index (χ2v) is 7.13. The summed E-state index contributed by atoms with van der Waals surface area (Å²) in [6, 6.07) is 4.37. The van der Waals surface area contributed by atoms with Gasteiger partial charge in [-0.1, -0.05) is 25.3 Å². The zero-order valence-corrected chi connectivity index (χ0v) is 14.0. The van der Waals surface area contributed by atoms with Gasteiger partial charge in [0.05, 0.1) is 22.9 Å². The molecule has 1 N–H and O–H groups in total. The van der Waals surface area contributed by atoms with Gasteiger partial charge < -0.3 is 5.11 Å². The highest BCUT2D eigenvalue weighted by Crippen LogP contribution is 2.31. The van der Waals surface area contributed by atoms with Crippen molar-refractivity contribution in [2.45, 2.75) is 45.6 Å². The number of aliphatic hydroxyl groups excluding tert-OH is 1. The van der Waals surface area contributed by atoms with Gasteiger partial charge in [-0.3, -0.25) is 4.68 Å². The molecule has 1 aliphatic carbocycles. The van der Waals surface area contributed by atoms with Crippen LogP contribution in [-0.2, 0) is 6.54 Å². The average molecular weight is 316 g/mol. The van der Waals surface area contributed by atoms with Crippen molar-refractivity contribution in [1.82, 2.24) is 9.78 Å². The second-order valence-electron chi connectivity index (χ2n) is 6.21. The van der Waals surface area contributed by atoms with E-state index < -0.39 is 0 Å². The molecule has 2 aromatic heterocycles. The maximum atomic E-state index is 8.97. The van der Waals surface area contributed by atoms with Crippen LogP contribution in [0.3, 0.4) is 0 Å². The summed E-state index contributed by atoms with van der Waals surface area (Å²) >= 11 is 1.78. The first-order valence-corrected chi connectivity index (χ1v) is 9.05. The normalized spacial score (nSPS) is 16.6. The van der Waals surface area contributed by atoms with Crippen molar-refractivity contribution in [3.8, 4) is 10.6 Å². The first-order chi connectivity index (χ1) is 10.8. The summed E-state index contributed by atoms with van der Waals surface area (Å²) in [5.41, 5.74) is 3.45. The van der Waals surface area contributed by atoms with Crippen LogP contribution in [0, 0.1) is 12.8 Å². The molecule has 1 fully saturated rings. The van der Waals surface area contributed by atoms with Crippen molar-refractivity contribution in [3.63, 3.8) is 0 Å². The number of hydrogen-bond acceptors (Lipinski definition) is 3. The Labute approximate surface area is 136 Å². The van der Waals surface area contributed by atoms with Crippen LogP contribution in [0.4, 0.5) is 0 Å². The zero-order valence-electron chi connectivity index (χ0n) is 13.2. The maximum Gasteiger partial charge on any atom is 0.0855 e. The molecular weight excluding hydrogens is 292 g/mol. The van der Waals surface area contributed by atoms with E-state index in [4.69, 9.17) is 10.2 Å². The van der Waals surface area contributed by atoms with Crippen LogP contribution in [0.2, 0.25) is 0 Å². The fourth-order valence-corrected chi connectivity index (χ4v) is 4.13. The maximum absolute atomic E-state index is 8.97. The first kappa shape index (κ1) is 15.5. The molecule has 3 nitrogen and oxygen atoms in total. The summed E-state index contributed by atoms with van der Waals surface area (Å²) < 4.78 is 2.18. The lowest BCUT2D eigenvalue weighted by molar-refractivity contribution is 0.309. The van der Waals surface area contributed by atoms with E-state index in [1.165, 1.54) is 48.2 Å². The quantitative estimate of drug-likeness (QED) is 0.881. The Morgan fingerprint density at radius 1 is 1.32 bits per heavy atom. The van der Waals surface area contributed by atoms with E-state index in [1.807, 2.05) is 6.08 Å². The van der Waals surface area contributed by atoms with Crippen molar-refractivity contribution in [2.24, 2.45) is 5.92 Å². The highest BCUT2D eigenvalue weighted by atomic mass is 32.1. The number of aliphatic hydroxyl groups is 1. The van der Waals surface area contributed by atoms with Gasteiger partial charge in [0.25, 0.3) is 0 Å². The van der Waals surface area contributed by atoms with Gasteiger partial charge in [0.15, 0.2) is 0 Å². The van der Waals surface area contributed by atoms with Crippen molar-refractivity contribution >= 4 is 17.4 Å². The summed E-state index contributed by atoms with van der Waals surface area (Å²) in [5.74, 6) is 0.753. The molecule has 0 radical (unpaired) electrons. The molecule has 4 heteroatoms. The Bertz CT molecular complexity index is 635. The minimum Gasteiger partial charge on any atom is -0.392 e. The smallest absolute Gasteiger partial charge is 0.0855 e. The molecule has 2 heterocycles. The number of nitrogens with zero attached hydrogens (tertiary/aromatic N) is 2. The molecule has 0 saturated heterocycles. The topological polar surface area (TPSA) is 38.1 Å². The second kappa shape index (κ2) is 7.25. The van der Waals surface area contributed by atoms with Crippen LogP contribution < -0.4 is 0 Å². The Balaban J connectivity index is 1.88. The Kier molecular flexibility index (Phi) is 5.11. The molecule has 0 aromatic carbocycles. The fourth-order valence-electron chi connectivity index (χ4n) is 3.21. The number of aromatic nitrogens is 2. The van der Waals surface area contributed by atoms with Crippen LogP contribution >= 0.6 is 11.3 Å². The number of hydrogen-bond donors (Lipinski definition) is 1. The molecule has 1 saturated carbocycles. The minimum atomic E-state index is 0.0585. The summed E-state index contributed by atoms with van der Waals surface area (Å²) in [4.78, 5) is 1.28. The van der Waals surface area contributed by atoms with Crippen molar-refractivity contribution in [1.29, 1.82) is 0 Å². The van der Waals surface area contributed by atoms with E-state index in [-0.39, 0.29) is 6.61 Å². The first-order valence-electron chi connectivity index (χ1n) is 8.17. The summed E-state index contributed by atoms with van der Waals surface area (Å²) in [6.07, 6.45) is 10.4. The molecule has 0 bridgehead atoms. The van der Waals surface area contributed by atoms with Gasteiger partial charge >= 0.3 is 0 Å². The number of rotatable bonds is 5. The summed E-state index contributed by atoms with van der Waals surface area (Å²) in [7, 11) is 0. The van der Waals surface area contributed by atoms with Crippen LogP contribution in [0.25, 0.3) is 16.6 Å². The lowest BCUT2D eigenvalue weighted by atomic mass is 9.89. The van der Waals surface area contributed by atoms with Gasteiger partial charge in [0, 0.05) is 6.54 Å². The van der Waals surface area contributed by atoms with Crippen molar-refractivity contribution in [2.75, 3.05) is 6.61 Å². The van der Waals surface area contributed by atoms with Crippen molar-refractivity contribution in [3.05, 3.63) is 34.8 Å². The Morgan fingerprint density at radius 3 is 2.82 bits per heavy atom. The fraction of sp³-hybridized carbons (Fsp3) is 0.500. The highest BCUT2D eigenvalue weighted by molar-refractivity contribution is 7.13. The number of thiophene rings is 1. The lowest BCUT2D eigenvalue weighted by Gasteiger charge is -2.22. The van der Waals surface area contributed by atoms with Crippen LogP contribution in [0.5, 0.6) is 0 Å². The predicted molar refractivity (Wildman–Crippen MR) is 93.0 cm³/mol. The van der Waals surface area contributed by atoms with E-state index in [0.29, 0.717) is 0 Å². The van der Waals surface area contributed by atoms with Gasteiger partial charge in [-0.05, 0) is 54.8 Å². The van der Waals surface area contributed by atoms with Crippen LogP contribution in [-0.4, -0.2) is 21.5 Å². The molecule has 118 valence electrons. The molecule has 3 rings (SSSR count). The van der Waals surface area contributed by atoms with Gasteiger partial charge in [-0.15, -0.1) is 11.3 Å². The highest BCUT2D eigenvalue weighted by Gasteiger charge is 2.17. The molecule has 0 unspecified atom stereocenters. The van der Waals surface area contributed by atoms with Gasteiger partial charge in [0.1, 0.15) is 0 Å². The van der Waals surface area contributed by atoms with E-state index in [1.54, 1.807) is 17.4 Å². The third-order valence-electron chi connectivity index (χ3n) is 4.33. The minimum absolute atomic E-state index is 0.0585. The van der Waals surface area contributed by atoms with Gasteiger partial charge in [0.2, 0.25) is 0 Å². The lowest BCUT2D eigenvalue weighted by Crippen LogP contribution is -2.15. The summed E-state index contributed by atoms with van der Waals surface area (Å²) in [5, 5.41) is 15.9. The Hall–Kier alpha value is -1.39. The van der Waals surface area contributed by atoms with Crippen LogP contribution in [0.1, 0.15) is 43.4 Å². The average Bonchev–Trinajstić information content (AvgIpc) is 3.12. The third-order valence-corrected chi connectivity index (χ3v) is 5.40. The molecule has 2 aromatic rings. The van der Waals surface area contributed by atoms with Gasteiger partial charge in [-0.25, -0.2) is 0 Å². The standard InChI is InChI=1S/C18H24N2OS/c1-14-10-18(22-13-14)17-11-16(8-5-9-21)19-20(17)12-15-6-3-2-4-7-15/h5,8,10-11,13,15,21H,2-4,6-7,9,12H2,1H3. The predicted octanol–water partition coefficient (Wildman–Crippen LogP) is 4.51. The Morgan fingerprint density at radius 2 is 2.14 bits per heavy atom. The van der Waals surface area contributed by atoms with E-state index in [0.717, 1.165) is 18.2 Å². The largest absolute Gasteiger partial charge is 0.392 e. The van der Waals surface area contributed by atoms with Gasteiger partial charge in [-0.2, -0.15) is 5.10 Å². The molecule has 0 atom stereocenters. The SMILES string of the molecule is Cc1csc(-c2cc(C=CCO)nn2CC2CCCCC2)c1. The van der Waals surface area contributed by atoms with E-state index >= 15 is 0 Å². The molecule has 0 spiro atoms. The summed E-state index contributed by atoms with van der Waals surface area (Å²) in [6.45, 7) is 3.20. The molecule has 1 aliphatic rings. The zero-order chi connectivity index (χ0) is 15.4. The molecule has 22 heavy (non-hydrogen) atoms. The monoisotopic (exact) mass is 316 g/mol. The number of aryl methyl sites for hydroxylation is 1. The third kappa shape index (κ3) is 3.68. The van der Waals surface area contributed by atoms with E-state index in [9.17, 15) is 0 Å². The van der Waals surface area contributed by atoms with E-state index in [2.05, 4.69) is 29.1 Å². The molecule has 0 amide bonds. The molecular formula is C18H24N2OS. The molecule has 0 aliphatic heterocycles. The van der Waals surface area contributed by atoms with Crippen LogP contribution in [0.15, 0.2) is 23.6 Å². The van der Waals surface area contributed by atoms with Crippen molar-refractivity contribution < 1.29 is 5.11 Å².